The number of aliphatic hydroxyl groups excluding tert-OH is 1. The Morgan fingerprint density at radius 3 is 2.52 bits per heavy atom. The molecular weight excluding hydrogens is 556 g/mol. The number of rotatable bonds is 9. The molecule has 4 N–H and O–H groups in total. The second-order valence-electron chi connectivity index (χ2n) is 10.9. The van der Waals surface area contributed by atoms with E-state index in [0.29, 0.717) is 0 Å². The van der Waals surface area contributed by atoms with Crippen molar-refractivity contribution in [1.29, 1.82) is 5.26 Å². The number of hydrogen-bond donors (Lipinski definition) is 3. The van der Waals surface area contributed by atoms with Crippen LogP contribution in [0.25, 0.3) is 5.52 Å². The van der Waals surface area contributed by atoms with Crippen molar-refractivity contribution in [2.75, 3.05) is 18.7 Å². The molecule has 16 nitrogen and oxygen atoms in total. The van der Waals surface area contributed by atoms with E-state index in [1.54, 1.807) is 34.6 Å². The highest BCUT2D eigenvalue weighted by atomic mass is 16.8. The van der Waals surface area contributed by atoms with Crippen LogP contribution >= 0.6 is 0 Å². The van der Waals surface area contributed by atoms with Crippen LogP contribution in [0.15, 0.2) is 18.5 Å². The van der Waals surface area contributed by atoms with Crippen LogP contribution < -0.4 is 11.1 Å². The summed E-state index contributed by atoms with van der Waals surface area (Å²) < 4.78 is 27.0. The van der Waals surface area contributed by atoms with Crippen LogP contribution in [0.5, 0.6) is 0 Å². The number of nitriles is 1. The van der Waals surface area contributed by atoms with Crippen LogP contribution in [0.4, 0.5) is 10.6 Å². The van der Waals surface area contributed by atoms with Crippen molar-refractivity contribution < 1.29 is 48.0 Å². The topological polar surface area (TPSA) is 227 Å². The lowest BCUT2D eigenvalue weighted by molar-refractivity contribution is -0.155. The molecule has 3 heterocycles. The van der Waals surface area contributed by atoms with Gasteiger partial charge in [-0.2, -0.15) is 10.4 Å². The minimum absolute atomic E-state index is 0.00274. The molecule has 0 radical (unpaired) electrons. The van der Waals surface area contributed by atoms with Gasteiger partial charge in [-0.05, 0) is 17.5 Å². The lowest BCUT2D eigenvalue weighted by Crippen LogP contribution is -2.45. The molecule has 2 aromatic rings. The van der Waals surface area contributed by atoms with Crippen molar-refractivity contribution in [1.82, 2.24) is 14.6 Å². The Morgan fingerprint density at radius 1 is 1.24 bits per heavy atom. The average Bonchev–Trinajstić information content (AvgIpc) is 3.46. The summed E-state index contributed by atoms with van der Waals surface area (Å²) >= 11 is 0. The van der Waals surface area contributed by atoms with Crippen LogP contribution in [0.3, 0.4) is 0 Å². The Hall–Kier alpha value is -4.33. The van der Waals surface area contributed by atoms with Gasteiger partial charge in [-0.15, -0.1) is 0 Å². The zero-order valence-electron chi connectivity index (χ0n) is 24.0. The largest absolute Gasteiger partial charge is 0.511 e. The molecule has 1 aliphatic rings. The monoisotopic (exact) mass is 590 g/mol. The van der Waals surface area contributed by atoms with Gasteiger partial charge in [0.15, 0.2) is 11.9 Å². The predicted octanol–water partition coefficient (Wildman–Crippen LogP) is 0.761. The van der Waals surface area contributed by atoms with Crippen molar-refractivity contribution in [2.45, 2.75) is 71.5 Å². The van der Waals surface area contributed by atoms with Crippen molar-refractivity contribution in [3.63, 3.8) is 0 Å². The summed E-state index contributed by atoms with van der Waals surface area (Å²) in [6, 6.07) is 3.81. The number of carbonyl (C=O) groups is 4. The Labute approximate surface area is 241 Å². The number of aromatic nitrogens is 3. The number of nitrogens with one attached hydrogen (secondary N) is 1. The molecular formula is C26H34N6O10. The molecule has 0 spiro atoms. The van der Waals surface area contributed by atoms with Crippen LogP contribution in [-0.2, 0) is 43.7 Å². The molecule has 0 bridgehead atoms. The number of nitrogens with two attached hydrogens (primary N) is 1. The molecule has 16 heteroatoms. The molecule has 1 amide bonds. The van der Waals surface area contributed by atoms with E-state index in [-0.39, 0.29) is 28.9 Å². The molecule has 1 aliphatic heterocycles. The molecule has 228 valence electrons. The third kappa shape index (κ3) is 6.75. The van der Waals surface area contributed by atoms with Crippen LogP contribution in [-0.4, -0.2) is 81.5 Å². The Bertz CT molecular complexity index is 1380. The normalized spacial score (nSPS) is 22.7. The summed E-state index contributed by atoms with van der Waals surface area (Å²) in [7, 11) is 0. The summed E-state index contributed by atoms with van der Waals surface area (Å²) in [5.74, 6) is -2.05. The van der Waals surface area contributed by atoms with Gasteiger partial charge < -0.3 is 39.8 Å². The number of carbonyl (C=O) groups excluding carboxylic acids is 4. The molecule has 1 unspecified atom stereocenters. The van der Waals surface area contributed by atoms with Gasteiger partial charge in [0.1, 0.15) is 42.8 Å². The van der Waals surface area contributed by atoms with Crippen molar-refractivity contribution in [3.8, 4) is 6.07 Å². The smallest absolute Gasteiger partial charge is 0.462 e. The minimum Gasteiger partial charge on any atom is -0.462 e. The summed E-state index contributed by atoms with van der Waals surface area (Å²) in [6.45, 7) is 8.36. The number of anilines is 1. The van der Waals surface area contributed by atoms with E-state index < -0.39 is 66.9 Å². The van der Waals surface area contributed by atoms with Crippen molar-refractivity contribution >= 4 is 35.3 Å². The maximum atomic E-state index is 12.6. The van der Waals surface area contributed by atoms with Crippen molar-refractivity contribution in [2.24, 2.45) is 17.1 Å². The summed E-state index contributed by atoms with van der Waals surface area (Å²) in [5, 5.41) is 28.5. The highest BCUT2D eigenvalue weighted by molar-refractivity contribution is 5.94. The molecule has 1 fully saturated rings. The van der Waals surface area contributed by atoms with Gasteiger partial charge in [0.2, 0.25) is 18.3 Å². The number of fused-ring (bicyclic) bond motifs is 1. The van der Waals surface area contributed by atoms with Gasteiger partial charge in [-0.1, -0.05) is 34.6 Å². The zero-order valence-corrected chi connectivity index (χ0v) is 24.0. The fourth-order valence-electron chi connectivity index (χ4n) is 3.93. The molecule has 5 atom stereocenters. The third-order valence-corrected chi connectivity index (χ3v) is 6.44. The van der Waals surface area contributed by atoms with Gasteiger partial charge in [0.25, 0.3) is 0 Å². The van der Waals surface area contributed by atoms with E-state index in [1.165, 1.54) is 16.6 Å². The maximum Gasteiger partial charge on any atom is 0.511 e. The first-order valence-corrected chi connectivity index (χ1v) is 12.9. The van der Waals surface area contributed by atoms with E-state index in [1.807, 2.05) is 6.07 Å². The lowest BCUT2D eigenvalue weighted by atomic mass is 9.87. The zero-order chi connectivity index (χ0) is 31.4. The fraction of sp³-hybridized carbons (Fsp3) is 0.577. The van der Waals surface area contributed by atoms with E-state index in [0.717, 1.165) is 13.3 Å². The van der Waals surface area contributed by atoms with Gasteiger partial charge in [0, 0.05) is 12.8 Å². The van der Waals surface area contributed by atoms with Gasteiger partial charge in [-0.3, -0.25) is 14.4 Å². The molecule has 0 aromatic carbocycles. The Balaban J connectivity index is 1.97. The second kappa shape index (κ2) is 12.7. The van der Waals surface area contributed by atoms with E-state index >= 15 is 0 Å². The number of esters is 2. The SMILES string of the molecule is CC(=O)OCOC(=O)O[C@H]1[C@@H](O)[C@](C#N)(c2ccc3c(NC(=O)C(C)C)ncnn23)O[C@@H]1COC(=O)C(N)C(C)(C)C. The average molecular weight is 591 g/mol. The standard InChI is InChI=1S/C26H34N6O10/c1-13(2)22(35)31-21-15-7-8-17(32(15)30-11-29-21)26(10-27)20(34)18(41-24(37)40-12-39-14(3)33)16(42-26)9-38-23(36)19(28)25(4,5)6/h7-8,11,13,16,18-20,34H,9,12,28H2,1-6H3,(H,29,30,31,35)/t16-,18-,19?,20-,26+/m1/s1. The predicted molar refractivity (Wildman–Crippen MR) is 141 cm³/mol. The summed E-state index contributed by atoms with van der Waals surface area (Å²) in [4.78, 5) is 52.3. The highest BCUT2D eigenvalue weighted by Crippen LogP contribution is 2.42. The van der Waals surface area contributed by atoms with Gasteiger partial charge in [-0.25, -0.2) is 14.3 Å². The molecule has 42 heavy (non-hydrogen) atoms. The second-order valence-corrected chi connectivity index (χ2v) is 10.9. The first-order valence-electron chi connectivity index (χ1n) is 12.9. The number of ether oxygens (including phenoxy) is 5. The highest BCUT2D eigenvalue weighted by Gasteiger charge is 2.60. The molecule has 3 rings (SSSR count). The maximum absolute atomic E-state index is 12.6. The minimum atomic E-state index is -2.22. The number of hydrogen-bond acceptors (Lipinski definition) is 14. The van der Waals surface area contributed by atoms with E-state index in [2.05, 4.69) is 20.1 Å². The lowest BCUT2D eigenvalue weighted by Gasteiger charge is -2.26. The molecule has 0 aliphatic carbocycles. The first kappa shape index (κ1) is 32.2. The summed E-state index contributed by atoms with van der Waals surface area (Å²) in [6.07, 6.45) is -5.09. The molecule has 2 aromatic heterocycles. The Morgan fingerprint density at radius 2 is 1.93 bits per heavy atom. The van der Waals surface area contributed by atoms with Gasteiger partial charge >= 0.3 is 18.1 Å². The van der Waals surface area contributed by atoms with E-state index in [4.69, 9.17) is 24.7 Å². The third-order valence-electron chi connectivity index (χ3n) is 6.44. The molecule has 0 saturated carbocycles. The Kier molecular flexibility index (Phi) is 9.71. The number of amides is 1. The van der Waals surface area contributed by atoms with Crippen LogP contribution in [0.2, 0.25) is 0 Å². The van der Waals surface area contributed by atoms with Crippen molar-refractivity contribution in [3.05, 3.63) is 24.2 Å². The number of nitrogens with zero attached hydrogens (tertiary/aromatic N) is 4. The quantitative estimate of drug-likeness (QED) is 0.208. The van der Waals surface area contributed by atoms with Crippen LogP contribution in [0, 0.1) is 22.7 Å². The fourth-order valence-corrected chi connectivity index (χ4v) is 3.93. The number of aliphatic hydroxyl groups is 1. The van der Waals surface area contributed by atoms with Crippen LogP contribution in [0.1, 0.15) is 47.2 Å². The summed E-state index contributed by atoms with van der Waals surface area (Å²) in [5.41, 5.74) is 3.38. The first-order chi connectivity index (χ1) is 19.6. The van der Waals surface area contributed by atoms with E-state index in [9.17, 15) is 29.5 Å². The van der Waals surface area contributed by atoms with Gasteiger partial charge in [0.05, 0.1) is 5.69 Å². The molecule has 1 saturated heterocycles.